The zero-order valence-electron chi connectivity index (χ0n) is 18.9. The van der Waals surface area contributed by atoms with Crippen LogP contribution in [0.5, 0.6) is 0 Å². The lowest BCUT2D eigenvalue weighted by atomic mass is 9.76. The highest BCUT2D eigenvalue weighted by atomic mass is 16.6. The highest BCUT2D eigenvalue weighted by molar-refractivity contribution is 6.15. The van der Waals surface area contributed by atoms with Crippen LogP contribution in [0.4, 0.5) is 0 Å². The van der Waals surface area contributed by atoms with Gasteiger partial charge in [0.2, 0.25) is 0 Å². The molecule has 0 aromatic heterocycles. The standard InChI is InChI=1S/C23H30N2O6/c1-14(15(2)24-17(26)8-9-18(24)27)12-22(4,5)13-23(6,7)31-21(30)16(3)25-19(28)10-11-20(25)29/h8-11,15-16H,1,12-13H2,2-7H3. The van der Waals surface area contributed by atoms with Crippen LogP contribution in [0.2, 0.25) is 0 Å². The van der Waals surface area contributed by atoms with Gasteiger partial charge in [-0.25, -0.2) is 4.79 Å². The van der Waals surface area contributed by atoms with E-state index < -0.39 is 35.5 Å². The highest BCUT2D eigenvalue weighted by Gasteiger charge is 2.39. The van der Waals surface area contributed by atoms with Crippen LogP contribution in [0.15, 0.2) is 36.5 Å². The fourth-order valence-electron chi connectivity index (χ4n) is 4.25. The zero-order valence-corrected chi connectivity index (χ0v) is 18.9. The molecule has 0 radical (unpaired) electrons. The molecule has 0 aliphatic carbocycles. The molecule has 0 aromatic carbocycles. The smallest absolute Gasteiger partial charge is 0.329 e. The van der Waals surface area contributed by atoms with Crippen molar-refractivity contribution in [2.24, 2.45) is 5.41 Å². The van der Waals surface area contributed by atoms with Gasteiger partial charge in [-0.3, -0.25) is 29.0 Å². The Hall–Kier alpha value is -3.03. The summed E-state index contributed by atoms with van der Waals surface area (Å²) in [4.78, 5) is 62.1. The van der Waals surface area contributed by atoms with Crippen molar-refractivity contribution in [3.63, 3.8) is 0 Å². The van der Waals surface area contributed by atoms with Crippen LogP contribution in [-0.4, -0.2) is 57.1 Å². The largest absolute Gasteiger partial charge is 0.458 e. The zero-order chi connectivity index (χ0) is 23.7. The molecule has 0 bridgehead atoms. The SMILES string of the molecule is C=C(CC(C)(C)CC(C)(C)OC(=O)C(C)N1C(=O)C=CC1=O)C(C)N1C(=O)C=CC1=O. The van der Waals surface area contributed by atoms with E-state index in [0.717, 1.165) is 17.1 Å². The lowest BCUT2D eigenvalue weighted by molar-refractivity contribution is -0.168. The molecule has 0 saturated carbocycles. The molecule has 2 aliphatic rings. The number of ether oxygens (including phenoxy) is 1. The Kier molecular flexibility index (Phi) is 6.73. The van der Waals surface area contributed by atoms with Gasteiger partial charge in [0.25, 0.3) is 23.6 Å². The van der Waals surface area contributed by atoms with Gasteiger partial charge < -0.3 is 4.74 Å². The monoisotopic (exact) mass is 430 g/mol. The Bertz CT molecular complexity index is 788. The first kappa shape index (κ1) is 24.2. The molecular weight excluding hydrogens is 400 g/mol. The van der Waals surface area contributed by atoms with Gasteiger partial charge in [0.15, 0.2) is 0 Å². The fourth-order valence-corrected chi connectivity index (χ4v) is 4.25. The van der Waals surface area contributed by atoms with E-state index in [1.165, 1.54) is 24.0 Å². The number of rotatable bonds is 9. The van der Waals surface area contributed by atoms with Gasteiger partial charge in [0.05, 0.1) is 6.04 Å². The van der Waals surface area contributed by atoms with Gasteiger partial charge in [-0.05, 0) is 46.0 Å². The first-order chi connectivity index (χ1) is 14.1. The summed E-state index contributed by atoms with van der Waals surface area (Å²) in [5.41, 5.74) is -0.554. The second kappa shape index (κ2) is 8.61. The molecule has 0 aromatic rings. The Balaban J connectivity index is 1.99. The van der Waals surface area contributed by atoms with E-state index >= 15 is 0 Å². The third-order valence-corrected chi connectivity index (χ3v) is 5.38. The summed E-state index contributed by atoms with van der Waals surface area (Å²) in [5, 5.41) is 0. The summed E-state index contributed by atoms with van der Waals surface area (Å²) in [6.45, 7) is 14.8. The first-order valence-corrected chi connectivity index (χ1v) is 10.2. The number of nitrogens with zero attached hydrogens (tertiary/aromatic N) is 2. The molecule has 8 heteroatoms. The Morgan fingerprint density at radius 1 is 0.871 bits per heavy atom. The van der Waals surface area contributed by atoms with Crippen molar-refractivity contribution in [2.45, 2.75) is 72.1 Å². The average molecular weight is 431 g/mol. The van der Waals surface area contributed by atoms with Gasteiger partial charge in [0, 0.05) is 24.3 Å². The molecule has 0 N–H and O–H groups in total. The average Bonchev–Trinajstić information content (AvgIpc) is 3.12. The summed E-state index contributed by atoms with van der Waals surface area (Å²) < 4.78 is 5.65. The minimum atomic E-state index is -1.04. The molecule has 4 amide bonds. The van der Waals surface area contributed by atoms with Crippen LogP contribution in [0, 0.1) is 5.41 Å². The van der Waals surface area contributed by atoms with E-state index in [2.05, 4.69) is 6.58 Å². The van der Waals surface area contributed by atoms with Gasteiger partial charge in [-0.2, -0.15) is 0 Å². The predicted molar refractivity (Wildman–Crippen MR) is 113 cm³/mol. The summed E-state index contributed by atoms with van der Waals surface area (Å²) >= 11 is 0. The molecular formula is C23H30N2O6. The maximum Gasteiger partial charge on any atom is 0.329 e. The lowest BCUT2D eigenvalue weighted by Crippen LogP contribution is -2.47. The lowest BCUT2D eigenvalue weighted by Gasteiger charge is -2.37. The Morgan fingerprint density at radius 3 is 1.68 bits per heavy atom. The normalized spacial score (nSPS) is 18.8. The van der Waals surface area contributed by atoms with Crippen molar-refractivity contribution in [1.29, 1.82) is 0 Å². The molecule has 2 aliphatic heterocycles. The second-order valence-corrected chi connectivity index (χ2v) is 9.47. The number of carbonyl (C=O) groups excluding carboxylic acids is 5. The minimum Gasteiger partial charge on any atom is -0.458 e. The molecule has 0 fully saturated rings. The summed E-state index contributed by atoms with van der Waals surface area (Å²) in [5.74, 6) is -2.48. The maximum absolute atomic E-state index is 12.6. The van der Waals surface area contributed by atoms with Crippen LogP contribution in [0.1, 0.15) is 54.4 Å². The topological polar surface area (TPSA) is 101 Å². The van der Waals surface area contributed by atoms with Crippen molar-refractivity contribution < 1.29 is 28.7 Å². The Morgan fingerprint density at radius 2 is 1.26 bits per heavy atom. The molecule has 168 valence electrons. The van der Waals surface area contributed by atoms with E-state index in [0.29, 0.717) is 18.4 Å². The van der Waals surface area contributed by atoms with Crippen molar-refractivity contribution in [1.82, 2.24) is 9.80 Å². The molecule has 31 heavy (non-hydrogen) atoms. The number of carbonyl (C=O) groups is 5. The van der Waals surface area contributed by atoms with E-state index in [1.54, 1.807) is 20.8 Å². The first-order valence-electron chi connectivity index (χ1n) is 10.2. The van der Waals surface area contributed by atoms with Crippen LogP contribution in [0.25, 0.3) is 0 Å². The number of amides is 4. The van der Waals surface area contributed by atoms with Gasteiger partial charge in [0.1, 0.15) is 11.6 Å². The van der Waals surface area contributed by atoms with Gasteiger partial charge in [-0.1, -0.05) is 26.0 Å². The second-order valence-electron chi connectivity index (χ2n) is 9.47. The van der Waals surface area contributed by atoms with Crippen LogP contribution in [-0.2, 0) is 28.7 Å². The molecule has 0 spiro atoms. The number of imide groups is 2. The van der Waals surface area contributed by atoms with Crippen LogP contribution >= 0.6 is 0 Å². The fraction of sp³-hybridized carbons (Fsp3) is 0.522. The third-order valence-electron chi connectivity index (χ3n) is 5.38. The van der Waals surface area contributed by atoms with Crippen LogP contribution < -0.4 is 0 Å². The van der Waals surface area contributed by atoms with Gasteiger partial charge >= 0.3 is 5.97 Å². The molecule has 2 atom stereocenters. The molecule has 2 rings (SSSR count). The molecule has 8 nitrogen and oxygen atoms in total. The molecule has 2 heterocycles. The highest BCUT2D eigenvalue weighted by Crippen LogP contribution is 2.37. The quantitative estimate of drug-likeness (QED) is 0.316. The Labute approximate surface area is 182 Å². The number of hydrogen-bond acceptors (Lipinski definition) is 6. The van der Waals surface area contributed by atoms with Crippen molar-refractivity contribution in [2.75, 3.05) is 0 Å². The molecule has 2 unspecified atom stereocenters. The summed E-state index contributed by atoms with van der Waals surface area (Å²) in [6.07, 6.45) is 5.68. The predicted octanol–water partition coefficient (Wildman–Crippen LogP) is 2.30. The van der Waals surface area contributed by atoms with E-state index in [-0.39, 0.29) is 17.2 Å². The number of hydrogen-bond donors (Lipinski definition) is 0. The number of esters is 1. The minimum absolute atomic E-state index is 0.361. The maximum atomic E-state index is 12.6. The van der Waals surface area contributed by atoms with Crippen molar-refractivity contribution >= 4 is 29.6 Å². The van der Waals surface area contributed by atoms with E-state index in [4.69, 9.17) is 4.74 Å². The summed E-state index contributed by atoms with van der Waals surface area (Å²) in [7, 11) is 0. The van der Waals surface area contributed by atoms with Gasteiger partial charge in [-0.15, -0.1) is 0 Å². The van der Waals surface area contributed by atoms with E-state index in [1.807, 2.05) is 13.8 Å². The van der Waals surface area contributed by atoms with Crippen molar-refractivity contribution in [3.05, 3.63) is 36.5 Å². The molecule has 0 saturated heterocycles. The van der Waals surface area contributed by atoms with E-state index in [9.17, 15) is 24.0 Å². The summed E-state index contributed by atoms with van der Waals surface area (Å²) in [6, 6.07) is -1.49. The van der Waals surface area contributed by atoms with Crippen LogP contribution in [0.3, 0.4) is 0 Å². The third kappa shape index (κ3) is 5.57. The van der Waals surface area contributed by atoms with Crippen molar-refractivity contribution in [3.8, 4) is 0 Å².